The Labute approximate surface area is 108 Å². The van der Waals surface area contributed by atoms with Gasteiger partial charge in [-0.1, -0.05) is 24.4 Å². The number of methoxy groups -OCH3 is 1. The standard InChI is InChI=1S/C13H23N3O2/c1-12(2,17-3)11-15-10(18-16-11)9-13(14)7-5-4-6-8-13/h4-9,14H2,1-3H3. The molecule has 0 unspecified atom stereocenters. The van der Waals surface area contributed by atoms with Crippen LogP contribution in [0.15, 0.2) is 4.52 Å². The van der Waals surface area contributed by atoms with Crippen LogP contribution in [0.2, 0.25) is 0 Å². The normalized spacial score (nSPS) is 20.0. The Bertz CT molecular complexity index is 395. The maximum atomic E-state index is 6.38. The highest BCUT2D eigenvalue weighted by molar-refractivity contribution is 5.01. The van der Waals surface area contributed by atoms with Crippen molar-refractivity contribution >= 4 is 0 Å². The van der Waals surface area contributed by atoms with Gasteiger partial charge in [0, 0.05) is 19.1 Å². The predicted octanol–water partition coefficient (Wildman–Crippen LogP) is 2.16. The predicted molar refractivity (Wildman–Crippen MR) is 68.0 cm³/mol. The highest BCUT2D eigenvalue weighted by Gasteiger charge is 2.32. The van der Waals surface area contributed by atoms with Crippen LogP contribution in [0.5, 0.6) is 0 Å². The van der Waals surface area contributed by atoms with E-state index in [1.54, 1.807) is 7.11 Å². The second-order valence-electron chi connectivity index (χ2n) is 5.83. The number of hydrogen-bond donors (Lipinski definition) is 1. The lowest BCUT2D eigenvalue weighted by atomic mass is 9.80. The van der Waals surface area contributed by atoms with E-state index in [1.165, 1.54) is 19.3 Å². The summed E-state index contributed by atoms with van der Waals surface area (Å²) in [5.74, 6) is 1.21. The summed E-state index contributed by atoms with van der Waals surface area (Å²) in [6.45, 7) is 3.83. The van der Waals surface area contributed by atoms with Crippen LogP contribution in [0.25, 0.3) is 0 Å². The van der Waals surface area contributed by atoms with E-state index in [2.05, 4.69) is 10.1 Å². The molecule has 0 spiro atoms. The van der Waals surface area contributed by atoms with E-state index in [0.717, 1.165) is 12.8 Å². The van der Waals surface area contributed by atoms with Gasteiger partial charge in [-0.2, -0.15) is 4.98 Å². The van der Waals surface area contributed by atoms with Crippen LogP contribution in [-0.2, 0) is 16.8 Å². The SMILES string of the molecule is COC(C)(C)c1noc(CC2(N)CCCCC2)n1. The van der Waals surface area contributed by atoms with Crippen molar-refractivity contribution in [3.05, 3.63) is 11.7 Å². The molecule has 0 aliphatic heterocycles. The molecule has 0 amide bonds. The Morgan fingerprint density at radius 1 is 1.33 bits per heavy atom. The van der Waals surface area contributed by atoms with E-state index >= 15 is 0 Å². The first-order chi connectivity index (χ1) is 8.45. The van der Waals surface area contributed by atoms with E-state index in [1.807, 2.05) is 13.8 Å². The van der Waals surface area contributed by atoms with Gasteiger partial charge in [0.2, 0.25) is 11.7 Å². The van der Waals surface area contributed by atoms with Crippen molar-refractivity contribution in [2.45, 2.75) is 63.5 Å². The second kappa shape index (κ2) is 4.97. The summed E-state index contributed by atoms with van der Waals surface area (Å²) >= 11 is 0. The molecule has 2 rings (SSSR count). The molecular weight excluding hydrogens is 230 g/mol. The van der Waals surface area contributed by atoms with Crippen LogP contribution in [0.3, 0.4) is 0 Å². The average molecular weight is 253 g/mol. The number of hydrogen-bond acceptors (Lipinski definition) is 5. The smallest absolute Gasteiger partial charge is 0.228 e. The van der Waals surface area contributed by atoms with E-state index in [0.29, 0.717) is 18.1 Å². The average Bonchev–Trinajstić information content (AvgIpc) is 2.78. The lowest BCUT2D eigenvalue weighted by Crippen LogP contribution is -2.43. The van der Waals surface area contributed by atoms with Crippen LogP contribution < -0.4 is 5.73 Å². The van der Waals surface area contributed by atoms with Gasteiger partial charge < -0.3 is 15.0 Å². The number of aromatic nitrogens is 2. The summed E-state index contributed by atoms with van der Waals surface area (Å²) in [7, 11) is 1.64. The fraction of sp³-hybridized carbons (Fsp3) is 0.846. The number of nitrogens with two attached hydrogens (primary N) is 1. The van der Waals surface area contributed by atoms with Crippen molar-refractivity contribution in [1.29, 1.82) is 0 Å². The molecule has 1 aliphatic carbocycles. The maximum absolute atomic E-state index is 6.38. The van der Waals surface area contributed by atoms with Crippen molar-refractivity contribution in [1.82, 2.24) is 10.1 Å². The van der Waals surface area contributed by atoms with Gasteiger partial charge in [0.15, 0.2) is 0 Å². The Morgan fingerprint density at radius 3 is 2.61 bits per heavy atom. The van der Waals surface area contributed by atoms with Crippen molar-refractivity contribution in [3.63, 3.8) is 0 Å². The van der Waals surface area contributed by atoms with E-state index in [9.17, 15) is 0 Å². The monoisotopic (exact) mass is 253 g/mol. The van der Waals surface area contributed by atoms with Gasteiger partial charge in [-0.15, -0.1) is 0 Å². The molecule has 1 aromatic rings. The summed E-state index contributed by atoms with van der Waals surface area (Å²) in [5, 5.41) is 3.99. The largest absolute Gasteiger partial charge is 0.371 e. The highest BCUT2D eigenvalue weighted by atomic mass is 16.5. The number of ether oxygens (including phenoxy) is 1. The molecule has 0 radical (unpaired) electrons. The molecule has 1 heterocycles. The molecule has 102 valence electrons. The molecule has 0 bridgehead atoms. The molecule has 5 heteroatoms. The molecule has 5 nitrogen and oxygen atoms in total. The highest BCUT2D eigenvalue weighted by Crippen LogP contribution is 2.29. The minimum Gasteiger partial charge on any atom is -0.371 e. The third-order valence-corrected chi connectivity index (χ3v) is 3.87. The summed E-state index contributed by atoms with van der Waals surface area (Å²) in [6.07, 6.45) is 6.42. The Hall–Kier alpha value is -0.940. The lowest BCUT2D eigenvalue weighted by Gasteiger charge is -2.31. The molecule has 18 heavy (non-hydrogen) atoms. The topological polar surface area (TPSA) is 74.2 Å². The van der Waals surface area contributed by atoms with Crippen molar-refractivity contribution in [2.75, 3.05) is 7.11 Å². The first kappa shape index (κ1) is 13.5. The van der Waals surface area contributed by atoms with Gasteiger partial charge in [0.1, 0.15) is 5.60 Å². The third-order valence-electron chi connectivity index (χ3n) is 3.87. The van der Waals surface area contributed by atoms with Gasteiger partial charge in [-0.05, 0) is 26.7 Å². The van der Waals surface area contributed by atoms with E-state index < -0.39 is 5.60 Å². The zero-order valence-electron chi connectivity index (χ0n) is 11.5. The molecule has 2 N–H and O–H groups in total. The molecule has 1 fully saturated rings. The van der Waals surface area contributed by atoms with Crippen LogP contribution in [0.4, 0.5) is 0 Å². The fourth-order valence-corrected chi connectivity index (χ4v) is 2.40. The molecule has 0 saturated heterocycles. The minimum atomic E-state index is -0.518. The molecule has 1 saturated carbocycles. The number of rotatable bonds is 4. The van der Waals surface area contributed by atoms with Gasteiger partial charge in [0.25, 0.3) is 0 Å². The zero-order chi connectivity index (χ0) is 13.2. The Morgan fingerprint density at radius 2 is 2.00 bits per heavy atom. The first-order valence-electron chi connectivity index (χ1n) is 6.62. The molecule has 1 aromatic heterocycles. The zero-order valence-corrected chi connectivity index (χ0v) is 11.5. The fourth-order valence-electron chi connectivity index (χ4n) is 2.40. The maximum Gasteiger partial charge on any atom is 0.228 e. The van der Waals surface area contributed by atoms with Gasteiger partial charge in [0.05, 0.1) is 0 Å². The summed E-state index contributed by atoms with van der Waals surface area (Å²) in [4.78, 5) is 4.41. The van der Waals surface area contributed by atoms with Crippen LogP contribution in [-0.4, -0.2) is 22.8 Å². The van der Waals surface area contributed by atoms with Crippen LogP contribution in [0, 0.1) is 0 Å². The first-order valence-corrected chi connectivity index (χ1v) is 6.62. The molecule has 0 atom stereocenters. The second-order valence-corrected chi connectivity index (χ2v) is 5.83. The van der Waals surface area contributed by atoms with Crippen LogP contribution in [0.1, 0.15) is 57.7 Å². The molecule has 1 aliphatic rings. The van der Waals surface area contributed by atoms with Crippen molar-refractivity contribution in [3.8, 4) is 0 Å². The Balaban J connectivity index is 2.06. The van der Waals surface area contributed by atoms with Gasteiger partial charge in [-0.3, -0.25) is 0 Å². The summed E-state index contributed by atoms with van der Waals surface area (Å²) in [5.41, 5.74) is 5.70. The van der Waals surface area contributed by atoms with Crippen LogP contribution >= 0.6 is 0 Å². The molecular formula is C13H23N3O2. The van der Waals surface area contributed by atoms with E-state index in [-0.39, 0.29) is 5.54 Å². The van der Waals surface area contributed by atoms with Crippen molar-refractivity contribution in [2.24, 2.45) is 5.73 Å². The van der Waals surface area contributed by atoms with Gasteiger partial charge in [-0.25, -0.2) is 0 Å². The summed E-state index contributed by atoms with van der Waals surface area (Å²) < 4.78 is 10.6. The quantitative estimate of drug-likeness (QED) is 0.890. The third kappa shape index (κ3) is 2.90. The minimum absolute atomic E-state index is 0.167. The van der Waals surface area contributed by atoms with E-state index in [4.69, 9.17) is 15.0 Å². The lowest BCUT2D eigenvalue weighted by molar-refractivity contribution is 0.00973. The number of nitrogens with zero attached hydrogens (tertiary/aromatic N) is 2. The molecule has 0 aromatic carbocycles. The Kier molecular flexibility index (Phi) is 3.73. The summed E-state index contributed by atoms with van der Waals surface area (Å²) in [6, 6.07) is 0. The van der Waals surface area contributed by atoms with Crippen molar-refractivity contribution < 1.29 is 9.26 Å². The van der Waals surface area contributed by atoms with Gasteiger partial charge >= 0.3 is 0 Å².